The Morgan fingerprint density at radius 2 is 2.26 bits per heavy atom. The summed E-state index contributed by atoms with van der Waals surface area (Å²) in [4.78, 5) is 12.0. The van der Waals surface area contributed by atoms with Crippen LogP contribution in [0.2, 0.25) is 0 Å². The highest BCUT2D eigenvalue weighted by atomic mass is 16.5. The van der Waals surface area contributed by atoms with Gasteiger partial charge in [0.2, 0.25) is 5.91 Å². The third kappa shape index (κ3) is 4.33. The SMILES string of the molecule is COCc1ccccc1NC(=O)CC1CCCCN1. The van der Waals surface area contributed by atoms with Gasteiger partial charge in [-0.05, 0) is 25.5 Å². The van der Waals surface area contributed by atoms with Gasteiger partial charge in [0.05, 0.1) is 6.61 Å². The van der Waals surface area contributed by atoms with E-state index in [4.69, 9.17) is 4.74 Å². The quantitative estimate of drug-likeness (QED) is 0.856. The molecule has 0 saturated carbocycles. The third-order valence-corrected chi connectivity index (χ3v) is 3.44. The Bertz CT molecular complexity index is 414. The molecule has 1 atom stereocenters. The summed E-state index contributed by atoms with van der Waals surface area (Å²) in [6.45, 7) is 1.54. The molecule has 4 nitrogen and oxygen atoms in total. The molecule has 0 aromatic heterocycles. The number of carbonyl (C=O) groups excluding carboxylic acids is 1. The van der Waals surface area contributed by atoms with Gasteiger partial charge in [-0.3, -0.25) is 4.79 Å². The number of para-hydroxylation sites is 1. The van der Waals surface area contributed by atoms with Crippen LogP contribution in [0.25, 0.3) is 0 Å². The van der Waals surface area contributed by atoms with Gasteiger partial charge in [0.15, 0.2) is 0 Å². The molecule has 19 heavy (non-hydrogen) atoms. The van der Waals surface area contributed by atoms with E-state index < -0.39 is 0 Å². The minimum atomic E-state index is 0.0722. The first-order valence-electron chi connectivity index (χ1n) is 6.89. The van der Waals surface area contributed by atoms with Crippen molar-refractivity contribution in [1.82, 2.24) is 5.32 Å². The van der Waals surface area contributed by atoms with Crippen LogP contribution in [0.3, 0.4) is 0 Å². The second-order valence-electron chi connectivity index (χ2n) is 4.99. The van der Waals surface area contributed by atoms with Crippen LogP contribution < -0.4 is 10.6 Å². The van der Waals surface area contributed by atoms with Crippen molar-refractivity contribution in [3.63, 3.8) is 0 Å². The van der Waals surface area contributed by atoms with E-state index in [9.17, 15) is 4.79 Å². The van der Waals surface area contributed by atoms with E-state index in [1.54, 1.807) is 7.11 Å². The Hall–Kier alpha value is -1.39. The molecule has 0 spiro atoms. The molecule has 1 unspecified atom stereocenters. The maximum Gasteiger partial charge on any atom is 0.225 e. The first kappa shape index (κ1) is 14.0. The number of carbonyl (C=O) groups is 1. The minimum Gasteiger partial charge on any atom is -0.380 e. The lowest BCUT2D eigenvalue weighted by Gasteiger charge is -2.23. The zero-order valence-corrected chi connectivity index (χ0v) is 11.4. The van der Waals surface area contributed by atoms with Gasteiger partial charge in [0.25, 0.3) is 0 Å². The predicted octanol–water partition coefficient (Wildman–Crippen LogP) is 2.30. The average Bonchev–Trinajstić information content (AvgIpc) is 2.42. The van der Waals surface area contributed by atoms with Crippen LogP contribution >= 0.6 is 0 Å². The topological polar surface area (TPSA) is 50.4 Å². The number of ether oxygens (including phenoxy) is 1. The number of rotatable bonds is 5. The molecule has 1 amide bonds. The number of anilines is 1. The van der Waals surface area contributed by atoms with Gasteiger partial charge in [0, 0.05) is 30.8 Å². The fourth-order valence-corrected chi connectivity index (χ4v) is 2.45. The molecule has 1 aromatic rings. The highest BCUT2D eigenvalue weighted by molar-refractivity contribution is 5.91. The molecule has 104 valence electrons. The Morgan fingerprint density at radius 1 is 1.42 bits per heavy atom. The van der Waals surface area contributed by atoms with Crippen LogP contribution in [0, 0.1) is 0 Å². The second kappa shape index (κ2) is 7.26. The lowest BCUT2D eigenvalue weighted by atomic mass is 10.0. The fraction of sp³-hybridized carbons (Fsp3) is 0.533. The first-order chi connectivity index (χ1) is 9.29. The highest BCUT2D eigenvalue weighted by Gasteiger charge is 2.16. The van der Waals surface area contributed by atoms with Gasteiger partial charge >= 0.3 is 0 Å². The molecule has 1 saturated heterocycles. The van der Waals surface area contributed by atoms with Crippen LogP contribution in [0.15, 0.2) is 24.3 Å². The van der Waals surface area contributed by atoms with Crippen molar-refractivity contribution in [1.29, 1.82) is 0 Å². The van der Waals surface area contributed by atoms with Crippen LogP contribution in [0.5, 0.6) is 0 Å². The van der Waals surface area contributed by atoms with Gasteiger partial charge in [-0.1, -0.05) is 24.6 Å². The fourth-order valence-electron chi connectivity index (χ4n) is 2.45. The van der Waals surface area contributed by atoms with Crippen LogP contribution in [0.4, 0.5) is 5.69 Å². The number of nitrogens with one attached hydrogen (secondary N) is 2. The zero-order chi connectivity index (χ0) is 13.5. The maximum atomic E-state index is 12.0. The maximum absolute atomic E-state index is 12.0. The Labute approximate surface area is 114 Å². The summed E-state index contributed by atoms with van der Waals surface area (Å²) in [5.74, 6) is 0.0722. The largest absolute Gasteiger partial charge is 0.380 e. The van der Waals surface area contributed by atoms with Crippen molar-refractivity contribution in [3.8, 4) is 0 Å². The molecule has 0 radical (unpaired) electrons. The van der Waals surface area contributed by atoms with Gasteiger partial charge in [-0.15, -0.1) is 0 Å². The summed E-state index contributed by atoms with van der Waals surface area (Å²) in [5, 5.41) is 6.37. The minimum absolute atomic E-state index is 0.0722. The number of piperidine rings is 1. The molecule has 1 aliphatic heterocycles. The van der Waals surface area contributed by atoms with E-state index in [0.29, 0.717) is 19.1 Å². The van der Waals surface area contributed by atoms with E-state index in [0.717, 1.165) is 24.2 Å². The van der Waals surface area contributed by atoms with Gasteiger partial charge < -0.3 is 15.4 Å². The van der Waals surface area contributed by atoms with Gasteiger partial charge in [0.1, 0.15) is 0 Å². The van der Waals surface area contributed by atoms with Crippen molar-refractivity contribution in [3.05, 3.63) is 29.8 Å². The summed E-state index contributed by atoms with van der Waals surface area (Å²) in [6, 6.07) is 8.09. The standard InChI is InChI=1S/C15H22N2O2/c1-19-11-12-6-2-3-8-14(12)17-15(18)10-13-7-4-5-9-16-13/h2-3,6,8,13,16H,4-5,7,9-11H2,1H3,(H,17,18). The lowest BCUT2D eigenvalue weighted by molar-refractivity contribution is -0.116. The van der Waals surface area contributed by atoms with Crippen LogP contribution in [-0.4, -0.2) is 25.6 Å². The predicted molar refractivity (Wildman–Crippen MR) is 76.0 cm³/mol. The molecular formula is C15H22N2O2. The summed E-state index contributed by atoms with van der Waals surface area (Å²) >= 11 is 0. The molecule has 0 bridgehead atoms. The molecule has 2 rings (SSSR count). The second-order valence-corrected chi connectivity index (χ2v) is 4.99. The smallest absolute Gasteiger partial charge is 0.225 e. The van der Waals surface area contributed by atoms with Gasteiger partial charge in [-0.2, -0.15) is 0 Å². The molecule has 1 aromatic carbocycles. The van der Waals surface area contributed by atoms with E-state index in [2.05, 4.69) is 10.6 Å². The van der Waals surface area contributed by atoms with Crippen LogP contribution in [-0.2, 0) is 16.1 Å². The van der Waals surface area contributed by atoms with E-state index in [1.165, 1.54) is 12.8 Å². The Kier molecular flexibility index (Phi) is 5.36. The molecule has 4 heteroatoms. The highest BCUT2D eigenvalue weighted by Crippen LogP contribution is 2.17. The monoisotopic (exact) mass is 262 g/mol. The molecule has 1 heterocycles. The van der Waals surface area contributed by atoms with Crippen molar-refractivity contribution in [2.75, 3.05) is 19.0 Å². The van der Waals surface area contributed by atoms with E-state index in [-0.39, 0.29) is 5.91 Å². The van der Waals surface area contributed by atoms with Crippen molar-refractivity contribution in [2.24, 2.45) is 0 Å². The number of amides is 1. The molecular weight excluding hydrogens is 240 g/mol. The number of hydrogen-bond acceptors (Lipinski definition) is 3. The zero-order valence-electron chi connectivity index (χ0n) is 11.4. The van der Waals surface area contributed by atoms with E-state index >= 15 is 0 Å². The van der Waals surface area contributed by atoms with Crippen LogP contribution in [0.1, 0.15) is 31.2 Å². The number of methoxy groups -OCH3 is 1. The van der Waals surface area contributed by atoms with Crippen molar-refractivity contribution >= 4 is 11.6 Å². The van der Waals surface area contributed by atoms with Crippen molar-refractivity contribution < 1.29 is 9.53 Å². The van der Waals surface area contributed by atoms with Gasteiger partial charge in [-0.25, -0.2) is 0 Å². The first-order valence-corrected chi connectivity index (χ1v) is 6.89. The Morgan fingerprint density at radius 3 is 3.00 bits per heavy atom. The molecule has 1 fully saturated rings. The third-order valence-electron chi connectivity index (χ3n) is 3.44. The lowest BCUT2D eigenvalue weighted by Crippen LogP contribution is -2.37. The van der Waals surface area contributed by atoms with E-state index in [1.807, 2.05) is 24.3 Å². The molecule has 1 aliphatic rings. The summed E-state index contributed by atoms with van der Waals surface area (Å²) in [5.41, 5.74) is 1.86. The Balaban J connectivity index is 1.90. The number of benzene rings is 1. The summed E-state index contributed by atoms with van der Waals surface area (Å²) in [7, 11) is 1.66. The average molecular weight is 262 g/mol. The molecule has 2 N–H and O–H groups in total. The molecule has 0 aliphatic carbocycles. The summed E-state index contributed by atoms with van der Waals surface area (Å²) < 4.78 is 5.14. The number of hydrogen-bond donors (Lipinski definition) is 2. The van der Waals surface area contributed by atoms with Crippen molar-refractivity contribution in [2.45, 2.75) is 38.3 Å². The summed E-state index contributed by atoms with van der Waals surface area (Å²) in [6.07, 6.45) is 4.06. The normalized spacial score (nSPS) is 19.1.